The Bertz CT molecular complexity index is 458. The van der Waals surface area contributed by atoms with Gasteiger partial charge in [-0.25, -0.2) is 9.78 Å². The van der Waals surface area contributed by atoms with E-state index in [2.05, 4.69) is 10.3 Å². The van der Waals surface area contributed by atoms with Crippen LogP contribution in [0.2, 0.25) is 0 Å². The van der Waals surface area contributed by atoms with E-state index in [1.54, 1.807) is 25.3 Å². The quantitative estimate of drug-likeness (QED) is 0.485. The van der Waals surface area contributed by atoms with Crippen LogP contribution in [0.3, 0.4) is 0 Å². The van der Waals surface area contributed by atoms with Crippen molar-refractivity contribution < 1.29 is 9.53 Å². The average molecular weight is 231 g/mol. The van der Waals surface area contributed by atoms with E-state index >= 15 is 0 Å². The predicted octanol–water partition coefficient (Wildman–Crippen LogP) is 1.77. The van der Waals surface area contributed by atoms with Gasteiger partial charge in [-0.3, -0.25) is 0 Å². The number of aryl methyl sites for hydroxylation is 1. The molecular weight excluding hydrogens is 218 g/mol. The van der Waals surface area contributed by atoms with Crippen LogP contribution < -0.4 is 5.32 Å². The smallest absolute Gasteiger partial charge is 0.350 e. The van der Waals surface area contributed by atoms with Crippen LogP contribution in [0.5, 0.6) is 0 Å². The van der Waals surface area contributed by atoms with Gasteiger partial charge in [0.2, 0.25) is 0 Å². The molecule has 5 nitrogen and oxygen atoms in total. The van der Waals surface area contributed by atoms with Crippen molar-refractivity contribution in [2.75, 3.05) is 11.9 Å². The number of rotatable bonds is 4. The maximum Gasteiger partial charge on any atom is 0.350 e. The van der Waals surface area contributed by atoms with Gasteiger partial charge in [0, 0.05) is 12.4 Å². The number of nitrogens with one attached hydrogen (secondary N) is 1. The Balaban J connectivity index is 2.71. The number of ether oxygens (including phenoxy) is 1. The van der Waals surface area contributed by atoms with Crippen molar-refractivity contribution in [2.45, 2.75) is 13.8 Å². The zero-order chi connectivity index (χ0) is 12.7. The minimum Gasteiger partial charge on any atom is -0.462 e. The SMILES string of the molecule is CCOC(=O)/C(C#N)=C/Nc1ccc(C)cn1. The summed E-state index contributed by atoms with van der Waals surface area (Å²) in [6.45, 7) is 3.84. The van der Waals surface area contributed by atoms with Crippen LogP contribution in [0.15, 0.2) is 30.1 Å². The van der Waals surface area contributed by atoms with Gasteiger partial charge in [0.15, 0.2) is 5.57 Å². The highest BCUT2D eigenvalue weighted by Gasteiger charge is 2.08. The summed E-state index contributed by atoms with van der Waals surface area (Å²) < 4.78 is 4.71. The fourth-order valence-electron chi connectivity index (χ4n) is 1.04. The molecule has 0 fully saturated rings. The second kappa shape index (κ2) is 6.28. The molecule has 0 aliphatic carbocycles. The lowest BCUT2D eigenvalue weighted by Crippen LogP contribution is -2.08. The van der Waals surface area contributed by atoms with E-state index in [-0.39, 0.29) is 12.2 Å². The zero-order valence-corrected chi connectivity index (χ0v) is 9.73. The van der Waals surface area contributed by atoms with Crippen LogP contribution in [0, 0.1) is 18.3 Å². The number of pyridine rings is 1. The first-order valence-corrected chi connectivity index (χ1v) is 5.14. The van der Waals surface area contributed by atoms with Crippen LogP contribution in [0.25, 0.3) is 0 Å². The van der Waals surface area contributed by atoms with Crippen LogP contribution in [0.4, 0.5) is 5.82 Å². The van der Waals surface area contributed by atoms with Crippen LogP contribution in [-0.2, 0) is 9.53 Å². The number of hydrogen-bond acceptors (Lipinski definition) is 5. The van der Waals surface area contributed by atoms with Gasteiger partial charge in [-0.05, 0) is 25.5 Å². The normalized spacial score (nSPS) is 10.5. The molecule has 0 saturated heterocycles. The molecule has 1 aromatic rings. The van der Waals surface area contributed by atoms with Gasteiger partial charge in [0.1, 0.15) is 11.9 Å². The number of hydrogen-bond donors (Lipinski definition) is 1. The van der Waals surface area contributed by atoms with E-state index in [9.17, 15) is 4.79 Å². The molecule has 0 aliphatic heterocycles. The second-order valence-corrected chi connectivity index (χ2v) is 3.26. The number of aromatic nitrogens is 1. The average Bonchev–Trinajstić information content (AvgIpc) is 2.32. The number of nitrogens with zero attached hydrogens (tertiary/aromatic N) is 2. The molecule has 0 bridgehead atoms. The van der Waals surface area contributed by atoms with E-state index in [4.69, 9.17) is 10.00 Å². The van der Waals surface area contributed by atoms with Gasteiger partial charge in [-0.1, -0.05) is 6.07 Å². The first-order chi connectivity index (χ1) is 8.17. The number of esters is 1. The Kier molecular flexibility index (Phi) is 4.70. The Morgan fingerprint density at radius 3 is 2.94 bits per heavy atom. The third-order valence-corrected chi connectivity index (χ3v) is 1.89. The maximum atomic E-state index is 11.3. The molecule has 0 unspecified atom stereocenters. The number of anilines is 1. The molecule has 0 aliphatic rings. The lowest BCUT2D eigenvalue weighted by atomic mass is 10.3. The third-order valence-electron chi connectivity index (χ3n) is 1.89. The first kappa shape index (κ1) is 12.7. The van der Waals surface area contributed by atoms with Crippen molar-refractivity contribution in [3.63, 3.8) is 0 Å². The monoisotopic (exact) mass is 231 g/mol. The summed E-state index contributed by atoms with van der Waals surface area (Å²) in [7, 11) is 0. The molecule has 0 aromatic carbocycles. The fraction of sp³-hybridized carbons (Fsp3) is 0.250. The topological polar surface area (TPSA) is 75.0 Å². The summed E-state index contributed by atoms with van der Waals surface area (Å²) in [5, 5.41) is 11.5. The fourth-order valence-corrected chi connectivity index (χ4v) is 1.04. The van der Waals surface area contributed by atoms with E-state index in [0.717, 1.165) is 5.56 Å². The summed E-state index contributed by atoms with van der Waals surface area (Å²) in [5.41, 5.74) is 0.944. The molecule has 1 N–H and O–H groups in total. The molecule has 1 heterocycles. The number of nitriles is 1. The third kappa shape index (κ3) is 3.95. The van der Waals surface area contributed by atoms with Gasteiger partial charge in [-0.2, -0.15) is 5.26 Å². The standard InChI is InChI=1S/C12H13N3O2/c1-3-17-12(16)10(6-13)8-15-11-5-4-9(2)7-14-11/h4-5,7-8H,3H2,1-2H3,(H,14,15)/b10-8+. The van der Waals surface area contributed by atoms with E-state index < -0.39 is 5.97 Å². The Labute approximate surface area is 99.7 Å². The summed E-state index contributed by atoms with van der Waals surface area (Å²) in [5.74, 6) is -0.0812. The highest BCUT2D eigenvalue weighted by Crippen LogP contribution is 2.05. The molecule has 88 valence electrons. The number of carbonyl (C=O) groups excluding carboxylic acids is 1. The van der Waals surface area contributed by atoms with Gasteiger partial charge in [0.25, 0.3) is 0 Å². The van der Waals surface area contributed by atoms with Crippen molar-refractivity contribution in [3.05, 3.63) is 35.7 Å². The number of carbonyl (C=O) groups is 1. The van der Waals surface area contributed by atoms with E-state index in [1.165, 1.54) is 6.20 Å². The molecule has 1 aromatic heterocycles. The van der Waals surface area contributed by atoms with Crippen LogP contribution in [0.1, 0.15) is 12.5 Å². The molecular formula is C12H13N3O2. The molecule has 0 saturated carbocycles. The minimum atomic E-state index is -0.644. The van der Waals surface area contributed by atoms with E-state index in [0.29, 0.717) is 5.82 Å². The van der Waals surface area contributed by atoms with Crippen LogP contribution in [-0.4, -0.2) is 17.6 Å². The predicted molar refractivity (Wildman–Crippen MR) is 62.9 cm³/mol. The molecule has 0 atom stereocenters. The molecule has 5 heteroatoms. The van der Waals surface area contributed by atoms with Crippen molar-refractivity contribution >= 4 is 11.8 Å². The summed E-state index contributed by atoms with van der Waals surface area (Å²) in [6.07, 6.45) is 2.97. The lowest BCUT2D eigenvalue weighted by Gasteiger charge is -2.02. The second-order valence-electron chi connectivity index (χ2n) is 3.26. The zero-order valence-electron chi connectivity index (χ0n) is 9.73. The van der Waals surface area contributed by atoms with Crippen molar-refractivity contribution in [3.8, 4) is 6.07 Å². The Morgan fingerprint density at radius 2 is 2.41 bits per heavy atom. The van der Waals surface area contributed by atoms with Gasteiger partial charge >= 0.3 is 5.97 Å². The molecule has 0 radical (unpaired) electrons. The van der Waals surface area contributed by atoms with E-state index in [1.807, 2.05) is 13.0 Å². The summed E-state index contributed by atoms with van der Waals surface area (Å²) in [4.78, 5) is 15.3. The van der Waals surface area contributed by atoms with Crippen molar-refractivity contribution in [2.24, 2.45) is 0 Å². The summed E-state index contributed by atoms with van der Waals surface area (Å²) >= 11 is 0. The Hall–Kier alpha value is -2.35. The Morgan fingerprint density at radius 1 is 1.65 bits per heavy atom. The van der Waals surface area contributed by atoms with Gasteiger partial charge < -0.3 is 10.1 Å². The van der Waals surface area contributed by atoms with Gasteiger partial charge in [-0.15, -0.1) is 0 Å². The highest BCUT2D eigenvalue weighted by atomic mass is 16.5. The summed E-state index contributed by atoms with van der Waals surface area (Å²) in [6, 6.07) is 5.40. The van der Waals surface area contributed by atoms with Gasteiger partial charge in [0.05, 0.1) is 6.61 Å². The lowest BCUT2D eigenvalue weighted by molar-refractivity contribution is -0.138. The van der Waals surface area contributed by atoms with Crippen molar-refractivity contribution in [1.82, 2.24) is 4.98 Å². The maximum absolute atomic E-state index is 11.3. The minimum absolute atomic E-state index is 0.0887. The molecule has 0 spiro atoms. The highest BCUT2D eigenvalue weighted by molar-refractivity contribution is 5.93. The largest absolute Gasteiger partial charge is 0.462 e. The first-order valence-electron chi connectivity index (χ1n) is 5.14. The molecule has 0 amide bonds. The molecule has 1 rings (SSSR count). The van der Waals surface area contributed by atoms with Crippen LogP contribution >= 0.6 is 0 Å². The molecule has 17 heavy (non-hydrogen) atoms. The van der Waals surface area contributed by atoms with Crippen molar-refractivity contribution in [1.29, 1.82) is 5.26 Å².